The molecule has 1 fully saturated rings. The van der Waals surface area contributed by atoms with Crippen LogP contribution in [0.4, 0.5) is 0 Å². The summed E-state index contributed by atoms with van der Waals surface area (Å²) in [5.74, 6) is 0.534. The molecule has 0 spiro atoms. The van der Waals surface area contributed by atoms with Crippen molar-refractivity contribution in [2.45, 2.75) is 6.42 Å². The molecule has 5 heteroatoms. The molecule has 1 aliphatic rings. The molecule has 23 heavy (non-hydrogen) atoms. The summed E-state index contributed by atoms with van der Waals surface area (Å²) < 4.78 is 0. The van der Waals surface area contributed by atoms with Crippen molar-refractivity contribution in [3.8, 4) is 0 Å². The number of thiazole rings is 1. The lowest BCUT2D eigenvalue weighted by Crippen LogP contribution is -2.30. The number of nitrogens with zero attached hydrogens (tertiary/aromatic N) is 2. The Bertz CT molecular complexity index is 640. The predicted molar refractivity (Wildman–Crippen MR) is 94.5 cm³/mol. The summed E-state index contributed by atoms with van der Waals surface area (Å²) in [6, 6.07) is 10.4. The average Bonchev–Trinajstić information content (AvgIpc) is 3.26. The van der Waals surface area contributed by atoms with Gasteiger partial charge < -0.3 is 5.32 Å². The first-order chi connectivity index (χ1) is 11.3. The quantitative estimate of drug-likeness (QED) is 0.887. The minimum absolute atomic E-state index is 0.00470. The van der Waals surface area contributed by atoms with E-state index < -0.39 is 0 Å². The third-order valence-electron chi connectivity index (χ3n) is 4.05. The zero-order chi connectivity index (χ0) is 15.9. The summed E-state index contributed by atoms with van der Waals surface area (Å²) in [6.45, 7) is 3.85. The van der Waals surface area contributed by atoms with Crippen LogP contribution < -0.4 is 5.32 Å². The van der Waals surface area contributed by atoms with Crippen LogP contribution in [-0.2, 0) is 0 Å². The van der Waals surface area contributed by atoms with Gasteiger partial charge in [-0.3, -0.25) is 14.7 Å². The Hall–Kier alpha value is -1.98. The van der Waals surface area contributed by atoms with E-state index >= 15 is 0 Å². The van der Waals surface area contributed by atoms with Gasteiger partial charge in [-0.05, 0) is 24.4 Å². The molecule has 0 radical (unpaired) electrons. The van der Waals surface area contributed by atoms with E-state index in [4.69, 9.17) is 0 Å². The highest BCUT2D eigenvalue weighted by atomic mass is 32.1. The number of amides is 1. The largest absolute Gasteiger partial charge is 0.351 e. The van der Waals surface area contributed by atoms with E-state index in [0.29, 0.717) is 10.8 Å². The lowest BCUT2D eigenvalue weighted by atomic mass is 10.1. The second kappa shape index (κ2) is 8.04. The van der Waals surface area contributed by atoms with Gasteiger partial charge in [0.2, 0.25) is 0 Å². The number of benzene rings is 1. The smallest absolute Gasteiger partial charge is 0.263 e. The number of carbonyl (C=O) groups is 1. The molecule has 1 aromatic carbocycles. The van der Waals surface area contributed by atoms with Crippen LogP contribution >= 0.6 is 11.3 Å². The van der Waals surface area contributed by atoms with Gasteiger partial charge in [-0.1, -0.05) is 42.5 Å². The number of aromatic nitrogens is 1. The van der Waals surface area contributed by atoms with Gasteiger partial charge in [-0.2, -0.15) is 0 Å². The summed E-state index contributed by atoms with van der Waals surface area (Å²) >= 11 is 1.38. The van der Waals surface area contributed by atoms with E-state index in [1.807, 2.05) is 6.07 Å². The summed E-state index contributed by atoms with van der Waals surface area (Å²) in [6.07, 6.45) is 7.14. The van der Waals surface area contributed by atoms with E-state index in [1.165, 1.54) is 16.9 Å². The van der Waals surface area contributed by atoms with Crippen molar-refractivity contribution in [2.24, 2.45) is 5.92 Å². The summed E-state index contributed by atoms with van der Waals surface area (Å²) in [5.41, 5.74) is 2.92. The molecule has 0 saturated carbocycles. The normalized spacial score (nSPS) is 18.5. The van der Waals surface area contributed by atoms with Crippen molar-refractivity contribution >= 4 is 23.3 Å². The topological polar surface area (TPSA) is 45.2 Å². The highest BCUT2D eigenvalue weighted by Gasteiger charge is 2.22. The van der Waals surface area contributed by atoms with Crippen LogP contribution in [0, 0.1) is 5.92 Å². The molecular formula is C18H21N3OS. The van der Waals surface area contributed by atoms with Gasteiger partial charge in [0.15, 0.2) is 0 Å². The standard InChI is InChI=1S/C18H21N3OS/c22-18(17-12-19-14-23-17)20-11-16-8-10-21(13-16)9-4-7-15-5-2-1-3-6-15/h1-7,12,14,16H,8-11,13H2,(H,20,22)/b7-4+/t16-/m1/s1. The Morgan fingerprint density at radius 2 is 2.26 bits per heavy atom. The molecule has 2 aromatic rings. The van der Waals surface area contributed by atoms with Gasteiger partial charge in [0, 0.05) is 19.6 Å². The van der Waals surface area contributed by atoms with Crippen LogP contribution in [0.25, 0.3) is 6.08 Å². The molecule has 1 aliphatic heterocycles. The fourth-order valence-corrected chi connectivity index (χ4v) is 3.34. The van der Waals surface area contributed by atoms with E-state index in [0.717, 1.165) is 32.6 Å². The highest BCUT2D eigenvalue weighted by molar-refractivity contribution is 7.11. The zero-order valence-corrected chi connectivity index (χ0v) is 13.8. The lowest BCUT2D eigenvalue weighted by molar-refractivity contribution is 0.0951. The number of rotatable bonds is 6. The van der Waals surface area contributed by atoms with Gasteiger partial charge in [-0.15, -0.1) is 11.3 Å². The molecule has 0 unspecified atom stereocenters. The monoisotopic (exact) mass is 327 g/mol. The number of hydrogen-bond donors (Lipinski definition) is 1. The van der Waals surface area contributed by atoms with Gasteiger partial charge in [0.05, 0.1) is 11.7 Å². The molecule has 0 aliphatic carbocycles. The fourth-order valence-electron chi connectivity index (χ4n) is 2.80. The molecular weight excluding hydrogens is 306 g/mol. The van der Waals surface area contributed by atoms with E-state index in [1.54, 1.807) is 11.7 Å². The Morgan fingerprint density at radius 1 is 1.39 bits per heavy atom. The van der Waals surface area contributed by atoms with Gasteiger partial charge in [-0.25, -0.2) is 0 Å². The Labute approximate surface area is 140 Å². The number of carbonyl (C=O) groups excluding carboxylic acids is 1. The Morgan fingerprint density at radius 3 is 3.04 bits per heavy atom. The van der Waals surface area contributed by atoms with Crippen molar-refractivity contribution in [1.82, 2.24) is 15.2 Å². The van der Waals surface area contributed by atoms with Crippen molar-refractivity contribution in [3.63, 3.8) is 0 Å². The van der Waals surface area contributed by atoms with Crippen LogP contribution in [0.1, 0.15) is 21.7 Å². The second-order valence-electron chi connectivity index (χ2n) is 5.80. The van der Waals surface area contributed by atoms with Gasteiger partial charge in [0.25, 0.3) is 5.91 Å². The zero-order valence-electron chi connectivity index (χ0n) is 13.0. The van der Waals surface area contributed by atoms with Crippen LogP contribution in [0.15, 0.2) is 48.1 Å². The molecule has 1 aromatic heterocycles. The maximum Gasteiger partial charge on any atom is 0.263 e. The highest BCUT2D eigenvalue weighted by Crippen LogP contribution is 2.16. The van der Waals surface area contributed by atoms with Gasteiger partial charge in [0.1, 0.15) is 4.88 Å². The number of likely N-dealkylation sites (tertiary alicyclic amines) is 1. The fraction of sp³-hybridized carbons (Fsp3) is 0.333. The summed E-state index contributed by atoms with van der Waals surface area (Å²) in [5, 5.41) is 3.02. The summed E-state index contributed by atoms with van der Waals surface area (Å²) in [4.78, 5) is 19.0. The first-order valence-electron chi connectivity index (χ1n) is 7.92. The minimum atomic E-state index is -0.00470. The van der Waals surface area contributed by atoms with Crippen LogP contribution in [0.5, 0.6) is 0 Å². The predicted octanol–water partition coefficient (Wildman–Crippen LogP) is 2.91. The Kier molecular flexibility index (Phi) is 5.56. The lowest BCUT2D eigenvalue weighted by Gasteiger charge is -2.14. The first-order valence-corrected chi connectivity index (χ1v) is 8.80. The molecule has 1 N–H and O–H groups in total. The molecule has 0 bridgehead atoms. The van der Waals surface area contributed by atoms with Crippen molar-refractivity contribution in [2.75, 3.05) is 26.2 Å². The first kappa shape index (κ1) is 15.9. The van der Waals surface area contributed by atoms with Gasteiger partial charge >= 0.3 is 0 Å². The molecule has 1 saturated heterocycles. The summed E-state index contributed by atoms with van der Waals surface area (Å²) in [7, 11) is 0. The third kappa shape index (κ3) is 4.74. The maximum absolute atomic E-state index is 11.9. The number of hydrogen-bond acceptors (Lipinski definition) is 4. The third-order valence-corrected chi connectivity index (χ3v) is 4.82. The van der Waals surface area contributed by atoms with Crippen LogP contribution in [0.2, 0.25) is 0 Å². The van der Waals surface area contributed by atoms with E-state index in [-0.39, 0.29) is 5.91 Å². The SMILES string of the molecule is O=C(NC[C@H]1CCN(C/C=C/c2ccccc2)C1)c1cncs1. The molecule has 120 valence electrons. The van der Waals surface area contributed by atoms with E-state index in [2.05, 4.69) is 51.6 Å². The molecule has 4 nitrogen and oxygen atoms in total. The molecule has 3 rings (SSSR count). The Balaban J connectivity index is 1.39. The molecule has 1 atom stereocenters. The minimum Gasteiger partial charge on any atom is -0.351 e. The van der Waals surface area contributed by atoms with Crippen molar-refractivity contribution in [3.05, 3.63) is 58.6 Å². The van der Waals surface area contributed by atoms with Crippen LogP contribution in [-0.4, -0.2) is 42.0 Å². The molecule has 1 amide bonds. The maximum atomic E-state index is 11.9. The second-order valence-corrected chi connectivity index (χ2v) is 6.69. The number of nitrogens with one attached hydrogen (secondary N) is 1. The van der Waals surface area contributed by atoms with Crippen molar-refractivity contribution < 1.29 is 4.79 Å². The molecule has 2 heterocycles. The van der Waals surface area contributed by atoms with E-state index in [9.17, 15) is 4.79 Å². The van der Waals surface area contributed by atoms with Crippen molar-refractivity contribution in [1.29, 1.82) is 0 Å². The average molecular weight is 327 g/mol. The van der Waals surface area contributed by atoms with Crippen LogP contribution in [0.3, 0.4) is 0 Å².